The van der Waals surface area contributed by atoms with Gasteiger partial charge < -0.3 is 14.5 Å². The minimum absolute atomic E-state index is 0.00467. The minimum atomic E-state index is -0.729. The van der Waals surface area contributed by atoms with Gasteiger partial charge in [-0.15, -0.1) is 0 Å². The van der Waals surface area contributed by atoms with Gasteiger partial charge in [0, 0.05) is 16.8 Å². The number of Topliss-reactive ketones (excluding diaryl/α,β-unsaturated/α-hetero) is 1. The lowest BCUT2D eigenvalue weighted by atomic mass is 10.1. The molecular weight excluding hydrogens is 370 g/mol. The minimum Gasteiger partial charge on any atom is -0.450 e. The molecule has 29 heavy (non-hydrogen) atoms. The molecule has 0 fully saturated rings. The van der Waals surface area contributed by atoms with Crippen molar-refractivity contribution in [1.29, 1.82) is 0 Å². The summed E-state index contributed by atoms with van der Waals surface area (Å²) in [7, 11) is 0. The number of nitrogens with one attached hydrogen (secondary N) is 1. The molecule has 0 saturated heterocycles. The van der Waals surface area contributed by atoms with Gasteiger partial charge in [0.05, 0.1) is 0 Å². The Hall–Kier alpha value is -3.67. The van der Waals surface area contributed by atoms with Crippen LogP contribution in [0, 0.1) is 13.8 Å². The molecule has 0 aliphatic carbocycles. The van der Waals surface area contributed by atoms with Crippen LogP contribution in [-0.2, 0) is 9.53 Å². The topological polar surface area (TPSA) is 85.6 Å². The van der Waals surface area contributed by atoms with Crippen LogP contribution < -0.4 is 5.32 Å². The fourth-order valence-electron chi connectivity index (χ4n) is 2.81. The van der Waals surface area contributed by atoms with Gasteiger partial charge in [-0.1, -0.05) is 42.0 Å². The third-order valence-corrected chi connectivity index (χ3v) is 4.37. The first-order chi connectivity index (χ1) is 13.8. The number of hydrogen-bond donors (Lipinski definition) is 1. The SMILES string of the molecule is CC(=O)c1ccc(-c2ccc(C(=O)OCC(=O)Nc3ccc(C)cc3C)o2)cc1. The molecule has 6 nitrogen and oxygen atoms in total. The molecule has 148 valence electrons. The number of carbonyl (C=O) groups excluding carboxylic acids is 3. The van der Waals surface area contributed by atoms with Gasteiger partial charge in [-0.3, -0.25) is 9.59 Å². The maximum atomic E-state index is 12.2. The normalized spacial score (nSPS) is 10.4. The number of ether oxygens (including phenoxy) is 1. The first-order valence-corrected chi connectivity index (χ1v) is 9.09. The molecule has 0 aliphatic heterocycles. The fourth-order valence-corrected chi connectivity index (χ4v) is 2.81. The molecule has 1 aromatic heterocycles. The summed E-state index contributed by atoms with van der Waals surface area (Å²) in [6.07, 6.45) is 0. The summed E-state index contributed by atoms with van der Waals surface area (Å²) in [5, 5.41) is 2.72. The molecule has 6 heteroatoms. The molecule has 1 N–H and O–H groups in total. The van der Waals surface area contributed by atoms with Crippen molar-refractivity contribution in [3.8, 4) is 11.3 Å². The Kier molecular flexibility index (Phi) is 5.93. The lowest BCUT2D eigenvalue weighted by Gasteiger charge is -2.09. The van der Waals surface area contributed by atoms with E-state index in [1.165, 1.54) is 13.0 Å². The van der Waals surface area contributed by atoms with E-state index in [4.69, 9.17) is 9.15 Å². The number of benzene rings is 2. The summed E-state index contributed by atoms with van der Waals surface area (Å²) in [6, 6.07) is 15.6. The van der Waals surface area contributed by atoms with Gasteiger partial charge >= 0.3 is 5.97 Å². The highest BCUT2D eigenvalue weighted by Gasteiger charge is 2.16. The molecule has 0 bridgehead atoms. The Morgan fingerprint density at radius 1 is 0.966 bits per heavy atom. The zero-order chi connectivity index (χ0) is 21.0. The second kappa shape index (κ2) is 8.56. The van der Waals surface area contributed by atoms with Crippen LogP contribution in [0.4, 0.5) is 5.69 Å². The van der Waals surface area contributed by atoms with Crippen LogP contribution >= 0.6 is 0 Å². The van der Waals surface area contributed by atoms with Crippen LogP contribution in [0.3, 0.4) is 0 Å². The van der Waals surface area contributed by atoms with Crippen LogP contribution in [0.2, 0.25) is 0 Å². The Morgan fingerprint density at radius 2 is 1.69 bits per heavy atom. The van der Waals surface area contributed by atoms with E-state index < -0.39 is 18.5 Å². The van der Waals surface area contributed by atoms with Crippen LogP contribution in [0.5, 0.6) is 0 Å². The monoisotopic (exact) mass is 391 g/mol. The predicted octanol–water partition coefficient (Wildman–Crippen LogP) is 4.56. The lowest BCUT2D eigenvalue weighted by Crippen LogP contribution is -2.21. The van der Waals surface area contributed by atoms with Crippen LogP contribution in [0.15, 0.2) is 59.0 Å². The van der Waals surface area contributed by atoms with Gasteiger partial charge in [-0.2, -0.15) is 0 Å². The number of rotatable bonds is 6. The van der Waals surface area contributed by atoms with Crippen molar-refractivity contribution in [2.45, 2.75) is 20.8 Å². The number of ketones is 1. The summed E-state index contributed by atoms with van der Waals surface area (Å²) in [4.78, 5) is 35.6. The first kappa shape index (κ1) is 20.1. The predicted molar refractivity (Wildman–Crippen MR) is 109 cm³/mol. The lowest BCUT2D eigenvalue weighted by molar-refractivity contribution is -0.119. The molecule has 1 amide bonds. The van der Waals surface area contributed by atoms with Crippen molar-refractivity contribution in [3.05, 3.63) is 77.0 Å². The highest BCUT2D eigenvalue weighted by atomic mass is 16.5. The van der Waals surface area contributed by atoms with Crippen molar-refractivity contribution in [3.63, 3.8) is 0 Å². The van der Waals surface area contributed by atoms with Gasteiger partial charge in [-0.05, 0) is 44.5 Å². The van der Waals surface area contributed by atoms with Crippen molar-refractivity contribution in [2.24, 2.45) is 0 Å². The summed E-state index contributed by atoms with van der Waals surface area (Å²) >= 11 is 0. The Morgan fingerprint density at radius 3 is 2.34 bits per heavy atom. The number of hydrogen-bond acceptors (Lipinski definition) is 5. The number of esters is 1. The van der Waals surface area contributed by atoms with Crippen LogP contribution in [0.1, 0.15) is 39.0 Å². The Labute approximate surface area is 168 Å². The third-order valence-electron chi connectivity index (χ3n) is 4.37. The molecule has 0 spiro atoms. The average Bonchev–Trinajstić information content (AvgIpc) is 3.19. The molecule has 2 aromatic carbocycles. The van der Waals surface area contributed by atoms with Crippen molar-refractivity contribution in [2.75, 3.05) is 11.9 Å². The number of carbonyl (C=O) groups is 3. The van der Waals surface area contributed by atoms with Gasteiger partial charge in [0.1, 0.15) is 5.76 Å². The smallest absolute Gasteiger partial charge is 0.374 e. The largest absolute Gasteiger partial charge is 0.450 e. The average molecular weight is 391 g/mol. The van der Waals surface area contributed by atoms with Crippen LogP contribution in [-0.4, -0.2) is 24.3 Å². The molecule has 1 heterocycles. The fraction of sp³-hybridized carbons (Fsp3) is 0.174. The summed E-state index contributed by atoms with van der Waals surface area (Å²) in [5.74, 6) is -0.731. The van der Waals surface area contributed by atoms with Crippen LogP contribution in [0.25, 0.3) is 11.3 Å². The second-order valence-electron chi connectivity index (χ2n) is 6.74. The summed E-state index contributed by atoms with van der Waals surface area (Å²) in [6.45, 7) is 4.93. The van der Waals surface area contributed by atoms with Gasteiger partial charge in [0.2, 0.25) is 5.76 Å². The molecule has 3 aromatic rings. The Balaban J connectivity index is 1.58. The second-order valence-corrected chi connectivity index (χ2v) is 6.74. The molecule has 0 radical (unpaired) electrons. The van der Waals surface area contributed by atoms with E-state index >= 15 is 0 Å². The van der Waals surface area contributed by atoms with Gasteiger partial charge in [0.25, 0.3) is 5.91 Å². The van der Waals surface area contributed by atoms with E-state index in [0.29, 0.717) is 17.0 Å². The highest BCUT2D eigenvalue weighted by Crippen LogP contribution is 2.23. The first-order valence-electron chi connectivity index (χ1n) is 9.09. The summed E-state index contributed by atoms with van der Waals surface area (Å²) in [5.41, 5.74) is 4.01. The van der Waals surface area contributed by atoms with E-state index in [-0.39, 0.29) is 11.5 Å². The molecule has 0 saturated carbocycles. The molecule has 3 rings (SSSR count). The van der Waals surface area contributed by atoms with Crippen molar-refractivity contribution >= 4 is 23.3 Å². The number of aryl methyl sites for hydroxylation is 2. The van der Waals surface area contributed by atoms with E-state index in [1.54, 1.807) is 36.4 Å². The van der Waals surface area contributed by atoms with Gasteiger partial charge in [-0.25, -0.2) is 4.79 Å². The number of anilines is 1. The van der Waals surface area contributed by atoms with E-state index in [1.807, 2.05) is 26.0 Å². The van der Waals surface area contributed by atoms with E-state index in [0.717, 1.165) is 16.7 Å². The number of amides is 1. The van der Waals surface area contributed by atoms with Crippen molar-refractivity contribution < 1.29 is 23.5 Å². The van der Waals surface area contributed by atoms with Crippen molar-refractivity contribution in [1.82, 2.24) is 0 Å². The number of furan rings is 1. The zero-order valence-electron chi connectivity index (χ0n) is 16.4. The van der Waals surface area contributed by atoms with E-state index in [9.17, 15) is 14.4 Å². The molecule has 0 unspecified atom stereocenters. The molecule has 0 aliphatic rings. The summed E-state index contributed by atoms with van der Waals surface area (Å²) < 4.78 is 10.6. The molecular formula is C23H21NO5. The quantitative estimate of drug-likeness (QED) is 0.492. The third kappa shape index (κ3) is 4.99. The highest BCUT2D eigenvalue weighted by molar-refractivity contribution is 5.95. The molecule has 0 atom stereocenters. The standard InChI is InChI=1S/C23H21NO5/c1-14-4-9-19(15(2)12-14)24-22(26)13-28-23(27)21-11-10-20(29-21)18-7-5-17(6-8-18)16(3)25/h4-12H,13H2,1-3H3,(H,24,26). The van der Waals surface area contributed by atoms with Gasteiger partial charge in [0.15, 0.2) is 12.4 Å². The van der Waals surface area contributed by atoms with E-state index in [2.05, 4.69) is 5.32 Å². The Bertz CT molecular complexity index is 1060. The maximum Gasteiger partial charge on any atom is 0.374 e. The maximum absolute atomic E-state index is 12.2. The zero-order valence-corrected chi connectivity index (χ0v) is 16.4.